The lowest BCUT2D eigenvalue weighted by Gasteiger charge is -2.08. The summed E-state index contributed by atoms with van der Waals surface area (Å²) in [6.07, 6.45) is 3.73. The number of rotatable bonds is 5. The van der Waals surface area contributed by atoms with E-state index in [0.29, 0.717) is 13.1 Å². The summed E-state index contributed by atoms with van der Waals surface area (Å²) < 4.78 is 1.89. The van der Waals surface area contributed by atoms with E-state index < -0.39 is 10.8 Å². The van der Waals surface area contributed by atoms with Gasteiger partial charge in [0, 0.05) is 37.6 Å². The van der Waals surface area contributed by atoms with Crippen LogP contribution in [0.15, 0.2) is 36.7 Å². The third-order valence-corrected chi connectivity index (χ3v) is 3.59. The molecule has 0 atom stereocenters. The van der Waals surface area contributed by atoms with Crippen LogP contribution in [0.1, 0.15) is 10.4 Å². The number of nitro groups is 1. The minimum absolute atomic E-state index is 0.000677. The van der Waals surface area contributed by atoms with Crippen molar-refractivity contribution in [3.63, 3.8) is 0 Å². The van der Waals surface area contributed by atoms with Crippen LogP contribution >= 0.6 is 23.2 Å². The van der Waals surface area contributed by atoms with Crippen LogP contribution in [0.5, 0.6) is 0 Å². The second-order valence-electron chi connectivity index (χ2n) is 4.22. The molecule has 2 rings (SSSR count). The van der Waals surface area contributed by atoms with E-state index in [1.54, 1.807) is 0 Å². The quantitative estimate of drug-likeness (QED) is 0.677. The van der Waals surface area contributed by atoms with Crippen LogP contribution in [0.25, 0.3) is 0 Å². The molecule has 1 heterocycles. The maximum atomic E-state index is 12.0. The zero-order valence-corrected chi connectivity index (χ0v) is 12.3. The van der Waals surface area contributed by atoms with Gasteiger partial charge in [0.1, 0.15) is 0 Å². The van der Waals surface area contributed by atoms with E-state index in [9.17, 15) is 14.9 Å². The molecular weight excluding hydrogens is 317 g/mol. The highest BCUT2D eigenvalue weighted by atomic mass is 35.5. The molecule has 1 aromatic heterocycles. The van der Waals surface area contributed by atoms with Crippen LogP contribution in [0, 0.1) is 10.1 Å². The topological polar surface area (TPSA) is 77.2 Å². The van der Waals surface area contributed by atoms with Crippen molar-refractivity contribution >= 4 is 34.8 Å². The lowest BCUT2D eigenvalue weighted by atomic mass is 10.2. The first-order valence-corrected chi connectivity index (χ1v) is 6.77. The Hall–Kier alpha value is -2.05. The summed E-state index contributed by atoms with van der Waals surface area (Å²) in [5.74, 6) is -0.502. The fourth-order valence-corrected chi connectivity index (χ4v) is 2.17. The largest absolute Gasteiger partial charge is 0.353 e. The fraction of sp³-hybridized carbons (Fsp3) is 0.154. The van der Waals surface area contributed by atoms with Crippen LogP contribution in [0.3, 0.4) is 0 Å². The van der Waals surface area contributed by atoms with Crippen LogP contribution in [0.4, 0.5) is 5.69 Å². The maximum Gasteiger partial charge on any atom is 0.271 e. The highest BCUT2D eigenvalue weighted by molar-refractivity contribution is 6.44. The summed E-state index contributed by atoms with van der Waals surface area (Å²) in [5, 5.41) is 13.4. The van der Waals surface area contributed by atoms with Gasteiger partial charge in [0.15, 0.2) is 0 Å². The van der Waals surface area contributed by atoms with Crippen molar-refractivity contribution in [2.75, 3.05) is 6.54 Å². The van der Waals surface area contributed by atoms with Gasteiger partial charge in [-0.1, -0.05) is 23.2 Å². The molecule has 0 aliphatic rings. The Balaban J connectivity index is 2.09. The number of hydrogen-bond donors (Lipinski definition) is 1. The summed E-state index contributed by atoms with van der Waals surface area (Å²) in [4.78, 5) is 22.2. The van der Waals surface area contributed by atoms with Crippen LogP contribution in [-0.2, 0) is 6.54 Å². The lowest BCUT2D eigenvalue weighted by Crippen LogP contribution is -2.27. The molecule has 0 bridgehead atoms. The van der Waals surface area contributed by atoms with E-state index in [4.69, 9.17) is 23.2 Å². The first-order chi connectivity index (χ1) is 9.99. The molecular formula is C13H11Cl2N3O3. The van der Waals surface area contributed by atoms with Gasteiger partial charge in [-0.2, -0.15) is 0 Å². The molecule has 0 saturated heterocycles. The molecule has 0 radical (unpaired) electrons. The van der Waals surface area contributed by atoms with Crippen molar-refractivity contribution in [2.24, 2.45) is 0 Å². The number of hydrogen-bond acceptors (Lipinski definition) is 3. The Kier molecular flexibility index (Phi) is 4.82. The average molecular weight is 328 g/mol. The maximum absolute atomic E-state index is 12.0. The molecule has 0 unspecified atom stereocenters. The van der Waals surface area contributed by atoms with E-state index in [-0.39, 0.29) is 21.3 Å². The molecule has 0 fully saturated rings. The van der Waals surface area contributed by atoms with Crippen molar-refractivity contribution in [1.82, 2.24) is 9.88 Å². The minimum atomic E-state index is -0.626. The zero-order valence-electron chi connectivity index (χ0n) is 10.8. The smallest absolute Gasteiger partial charge is 0.271 e. The summed E-state index contributed by atoms with van der Waals surface area (Å²) in [6.45, 7) is 0.948. The van der Waals surface area contributed by atoms with Gasteiger partial charge in [0.2, 0.25) is 0 Å². The number of nitrogens with zero attached hydrogens (tertiary/aromatic N) is 2. The predicted molar refractivity (Wildman–Crippen MR) is 79.9 cm³/mol. The summed E-state index contributed by atoms with van der Waals surface area (Å²) in [5.41, 5.74) is -0.289. The van der Waals surface area contributed by atoms with Crippen LogP contribution in [0.2, 0.25) is 10.0 Å². The Morgan fingerprint density at radius 3 is 2.57 bits per heavy atom. The van der Waals surface area contributed by atoms with Crippen molar-refractivity contribution in [3.8, 4) is 0 Å². The molecule has 1 amide bonds. The number of non-ortho nitro benzene ring substituents is 1. The average Bonchev–Trinajstić information content (AvgIpc) is 2.94. The molecule has 6 nitrogen and oxygen atoms in total. The highest BCUT2D eigenvalue weighted by Crippen LogP contribution is 2.30. The third-order valence-electron chi connectivity index (χ3n) is 2.79. The fourth-order valence-electron chi connectivity index (χ4n) is 1.76. The van der Waals surface area contributed by atoms with Gasteiger partial charge in [-0.3, -0.25) is 14.9 Å². The number of nitro benzene ring substituents is 1. The minimum Gasteiger partial charge on any atom is -0.353 e. The van der Waals surface area contributed by atoms with Gasteiger partial charge in [0.25, 0.3) is 11.6 Å². The molecule has 0 saturated carbocycles. The number of benzene rings is 1. The van der Waals surface area contributed by atoms with Crippen molar-refractivity contribution < 1.29 is 9.72 Å². The van der Waals surface area contributed by atoms with Crippen LogP contribution in [-0.4, -0.2) is 21.9 Å². The Labute approximate surface area is 130 Å². The second kappa shape index (κ2) is 6.60. The van der Waals surface area contributed by atoms with E-state index in [1.807, 2.05) is 29.1 Å². The normalized spacial score (nSPS) is 10.4. The molecule has 0 aliphatic carbocycles. The number of nitrogens with one attached hydrogen (secondary N) is 1. The van der Waals surface area contributed by atoms with E-state index >= 15 is 0 Å². The number of halogens is 2. The number of amides is 1. The lowest BCUT2D eigenvalue weighted by molar-refractivity contribution is -0.384. The molecule has 0 aliphatic heterocycles. The number of carbonyl (C=O) groups excluding carboxylic acids is 1. The summed E-state index contributed by atoms with van der Waals surface area (Å²) in [6, 6.07) is 5.97. The molecule has 1 N–H and O–H groups in total. The van der Waals surface area contributed by atoms with Gasteiger partial charge in [-0.15, -0.1) is 0 Å². The molecule has 21 heavy (non-hydrogen) atoms. The first-order valence-electron chi connectivity index (χ1n) is 6.01. The standard InChI is InChI=1S/C13H11Cl2N3O3/c14-11-8-9(18(20)21)7-10(12(11)15)13(19)16-3-6-17-4-1-2-5-17/h1-2,4-5,7-8H,3,6H2,(H,16,19). The number of carbonyl (C=O) groups is 1. The SMILES string of the molecule is O=C(NCCn1cccc1)c1cc([N+](=O)[O-])cc(Cl)c1Cl. The molecule has 1 aromatic carbocycles. The molecule has 0 spiro atoms. The van der Waals surface area contributed by atoms with E-state index in [1.165, 1.54) is 0 Å². The third kappa shape index (κ3) is 3.74. The van der Waals surface area contributed by atoms with Crippen molar-refractivity contribution in [1.29, 1.82) is 0 Å². The first kappa shape index (κ1) is 15.3. The van der Waals surface area contributed by atoms with Gasteiger partial charge in [-0.25, -0.2) is 0 Å². The van der Waals surface area contributed by atoms with Gasteiger partial charge in [0.05, 0.1) is 20.5 Å². The molecule has 2 aromatic rings. The highest BCUT2D eigenvalue weighted by Gasteiger charge is 2.19. The molecule has 110 valence electrons. The van der Waals surface area contributed by atoms with Gasteiger partial charge >= 0.3 is 0 Å². The second-order valence-corrected chi connectivity index (χ2v) is 5.01. The Morgan fingerprint density at radius 2 is 1.95 bits per heavy atom. The molecule has 8 heteroatoms. The summed E-state index contributed by atoms with van der Waals surface area (Å²) >= 11 is 11.7. The van der Waals surface area contributed by atoms with Crippen LogP contribution < -0.4 is 5.32 Å². The summed E-state index contributed by atoms with van der Waals surface area (Å²) in [7, 11) is 0. The van der Waals surface area contributed by atoms with Gasteiger partial charge in [-0.05, 0) is 12.1 Å². The van der Waals surface area contributed by atoms with E-state index in [2.05, 4.69) is 5.32 Å². The van der Waals surface area contributed by atoms with E-state index in [0.717, 1.165) is 12.1 Å². The van der Waals surface area contributed by atoms with Crippen molar-refractivity contribution in [2.45, 2.75) is 6.54 Å². The monoisotopic (exact) mass is 327 g/mol. The Morgan fingerprint density at radius 1 is 1.29 bits per heavy atom. The van der Waals surface area contributed by atoms with Gasteiger partial charge < -0.3 is 9.88 Å². The van der Waals surface area contributed by atoms with Crippen molar-refractivity contribution in [3.05, 3.63) is 62.4 Å². The zero-order chi connectivity index (χ0) is 15.4. The number of aromatic nitrogens is 1. The Bertz CT molecular complexity index is 672. The predicted octanol–water partition coefficient (Wildman–Crippen LogP) is 3.13.